The molecule has 10 nitrogen and oxygen atoms in total. The minimum absolute atomic E-state index is 0.0319. The van der Waals surface area contributed by atoms with Gasteiger partial charge in [0.25, 0.3) is 6.01 Å². The van der Waals surface area contributed by atoms with Crippen LogP contribution in [0.25, 0.3) is 11.3 Å². The van der Waals surface area contributed by atoms with Crippen LogP contribution in [0.3, 0.4) is 0 Å². The molecule has 3 N–H and O–H groups in total. The van der Waals surface area contributed by atoms with E-state index in [1.807, 2.05) is 4.90 Å². The smallest absolute Gasteiger partial charge is 0.387 e. The minimum Gasteiger partial charge on any atom is -0.435 e. The maximum Gasteiger partial charge on any atom is 0.387 e. The first-order valence-electron chi connectivity index (χ1n) is 11.3. The number of benzene rings is 1. The normalized spacial score (nSPS) is 19.2. The van der Waals surface area contributed by atoms with Crippen LogP contribution in [0.2, 0.25) is 0 Å². The first-order chi connectivity index (χ1) is 17.2. The number of hydrogen-bond donors (Lipinski definition) is 3. The van der Waals surface area contributed by atoms with E-state index in [-0.39, 0.29) is 24.4 Å². The number of aromatic nitrogens is 2. The maximum absolute atomic E-state index is 12.6. The van der Waals surface area contributed by atoms with E-state index < -0.39 is 18.2 Å². The molecule has 1 fully saturated rings. The Kier molecular flexibility index (Phi) is 6.53. The van der Waals surface area contributed by atoms with E-state index in [0.717, 1.165) is 10.6 Å². The molecule has 0 radical (unpaired) electrons. The van der Waals surface area contributed by atoms with Gasteiger partial charge in [0.1, 0.15) is 5.75 Å². The summed E-state index contributed by atoms with van der Waals surface area (Å²) in [6.45, 7) is 1.15. The number of thiazole rings is 1. The molecule has 13 heteroatoms. The molecule has 3 aromatic rings. The zero-order valence-electron chi connectivity index (χ0n) is 19.5. The van der Waals surface area contributed by atoms with Gasteiger partial charge in [-0.2, -0.15) is 8.78 Å². The highest BCUT2D eigenvalue weighted by atomic mass is 32.1. The largest absolute Gasteiger partial charge is 0.435 e. The molecule has 4 heterocycles. The fourth-order valence-corrected chi connectivity index (χ4v) is 5.32. The van der Waals surface area contributed by atoms with Gasteiger partial charge < -0.3 is 29.2 Å². The number of ether oxygens (including phenoxy) is 2. The van der Waals surface area contributed by atoms with Gasteiger partial charge in [-0.05, 0) is 26.0 Å². The lowest BCUT2D eigenvalue weighted by molar-refractivity contribution is -0.0498. The summed E-state index contributed by atoms with van der Waals surface area (Å²) in [5.74, 6) is 0.453. The van der Waals surface area contributed by atoms with Gasteiger partial charge in [-0.1, -0.05) is 23.5 Å². The average molecular weight is 522 g/mol. The number of fused-ring (bicyclic) bond motifs is 4. The minimum atomic E-state index is -2.92. The number of halogens is 2. The summed E-state index contributed by atoms with van der Waals surface area (Å²) in [5, 5.41) is 15.3. The third-order valence-corrected chi connectivity index (χ3v) is 7.01. The zero-order valence-corrected chi connectivity index (χ0v) is 20.3. The number of nitrogens with one attached hydrogen (secondary N) is 2. The monoisotopic (exact) mass is 521 g/mol. The van der Waals surface area contributed by atoms with Crippen LogP contribution in [-0.2, 0) is 11.2 Å². The van der Waals surface area contributed by atoms with Gasteiger partial charge in [0, 0.05) is 12.0 Å². The van der Waals surface area contributed by atoms with Gasteiger partial charge in [0.05, 0.1) is 54.2 Å². The van der Waals surface area contributed by atoms with Crippen LogP contribution in [0.15, 0.2) is 34.9 Å². The summed E-state index contributed by atoms with van der Waals surface area (Å²) in [7, 11) is 0. The average Bonchev–Trinajstić information content (AvgIpc) is 3.45. The van der Waals surface area contributed by atoms with Gasteiger partial charge in [-0.3, -0.25) is 5.32 Å². The molecule has 1 aromatic carbocycles. The molecule has 2 aliphatic rings. The Morgan fingerprint density at radius 2 is 2.22 bits per heavy atom. The Balaban J connectivity index is 1.37. The number of rotatable bonds is 7. The second kappa shape index (κ2) is 9.64. The summed E-state index contributed by atoms with van der Waals surface area (Å²) < 4.78 is 41.6. The van der Waals surface area contributed by atoms with E-state index in [2.05, 4.69) is 25.3 Å². The molecular weight excluding hydrogens is 496 g/mol. The second-order valence-corrected chi connectivity index (χ2v) is 10.2. The fourth-order valence-electron chi connectivity index (χ4n) is 4.24. The molecule has 0 spiro atoms. The van der Waals surface area contributed by atoms with Crippen molar-refractivity contribution in [3.05, 3.63) is 41.0 Å². The number of aliphatic hydroxyl groups is 1. The first kappa shape index (κ1) is 24.4. The molecule has 2 bridgehead atoms. The van der Waals surface area contributed by atoms with Crippen LogP contribution in [0, 0.1) is 0 Å². The zero-order chi connectivity index (χ0) is 25.4. The highest BCUT2D eigenvalue weighted by molar-refractivity contribution is 7.16. The molecule has 0 saturated carbocycles. The highest BCUT2D eigenvalue weighted by Crippen LogP contribution is 2.44. The number of hydrogen-bond acceptors (Lipinski definition) is 9. The SMILES string of the molecule is CC(C)(CO)NC(=O)Nc1nc2c(s1)[C@@H]1COC[C@H](C2)N1c1ncc(-c2cccc(OC(F)F)c2)o1. The molecule has 0 aliphatic carbocycles. The third kappa shape index (κ3) is 4.99. The van der Waals surface area contributed by atoms with E-state index in [0.29, 0.717) is 42.1 Å². The van der Waals surface area contributed by atoms with Crippen LogP contribution >= 0.6 is 11.3 Å². The molecule has 36 heavy (non-hydrogen) atoms. The number of urea groups is 1. The van der Waals surface area contributed by atoms with E-state index >= 15 is 0 Å². The van der Waals surface area contributed by atoms with E-state index in [1.165, 1.54) is 23.5 Å². The van der Waals surface area contributed by atoms with Crippen LogP contribution in [-0.4, -0.2) is 59.1 Å². The second-order valence-electron chi connectivity index (χ2n) is 9.18. The lowest BCUT2D eigenvalue weighted by Gasteiger charge is -2.43. The predicted octanol–water partition coefficient (Wildman–Crippen LogP) is 3.79. The lowest BCUT2D eigenvalue weighted by Crippen LogP contribution is -2.51. The number of carbonyl (C=O) groups is 1. The Morgan fingerprint density at radius 1 is 1.39 bits per heavy atom. The van der Waals surface area contributed by atoms with Crippen LogP contribution in [0.1, 0.15) is 30.5 Å². The highest BCUT2D eigenvalue weighted by Gasteiger charge is 2.43. The number of anilines is 2. The Hall–Kier alpha value is -3.29. The van der Waals surface area contributed by atoms with E-state index in [9.17, 15) is 18.7 Å². The van der Waals surface area contributed by atoms with Gasteiger partial charge in [-0.15, -0.1) is 0 Å². The van der Waals surface area contributed by atoms with E-state index in [4.69, 9.17) is 9.15 Å². The van der Waals surface area contributed by atoms with Crippen molar-refractivity contribution in [2.24, 2.45) is 0 Å². The lowest BCUT2D eigenvalue weighted by atomic mass is 9.97. The quantitative estimate of drug-likeness (QED) is 0.429. The van der Waals surface area contributed by atoms with Crippen molar-refractivity contribution in [1.82, 2.24) is 15.3 Å². The third-order valence-electron chi connectivity index (χ3n) is 5.90. The van der Waals surface area contributed by atoms with Crippen molar-refractivity contribution in [3.63, 3.8) is 0 Å². The van der Waals surface area contributed by atoms with Crippen LogP contribution in [0.5, 0.6) is 5.75 Å². The molecule has 2 aliphatic heterocycles. The van der Waals surface area contributed by atoms with Crippen molar-refractivity contribution in [1.29, 1.82) is 0 Å². The predicted molar refractivity (Wildman–Crippen MR) is 128 cm³/mol. The number of nitrogens with zero attached hydrogens (tertiary/aromatic N) is 3. The van der Waals surface area contributed by atoms with Crippen molar-refractivity contribution >= 4 is 28.5 Å². The molecule has 192 valence electrons. The summed E-state index contributed by atoms with van der Waals surface area (Å²) in [6, 6.07) is 5.90. The number of carbonyl (C=O) groups excluding carboxylic acids is 1. The fraction of sp³-hybridized carbons (Fsp3) is 0.435. The van der Waals surface area contributed by atoms with Crippen LogP contribution in [0.4, 0.5) is 24.7 Å². The summed E-state index contributed by atoms with van der Waals surface area (Å²) in [4.78, 5) is 24.4. The standard InChI is InChI=1S/C23H25F2N5O5S/c1-23(2,11-31)29-20(32)28-21-27-15-7-13-9-33-10-16(18(15)36-21)30(13)22-26-8-17(35-22)12-4-3-5-14(6-12)34-19(24)25/h3-6,8,13,16,19,31H,7,9-11H2,1-2H3,(H2,27,28,29,32)/t13-,16-/m0/s1. The van der Waals surface area contributed by atoms with Gasteiger partial charge in [0.2, 0.25) is 0 Å². The Bertz CT molecular complexity index is 1250. The molecule has 2 aromatic heterocycles. The molecule has 2 atom stereocenters. The topological polar surface area (TPSA) is 122 Å². The molecule has 1 saturated heterocycles. The number of aliphatic hydroxyl groups excluding tert-OH is 1. The molecule has 0 unspecified atom stereocenters. The van der Waals surface area contributed by atoms with Crippen molar-refractivity contribution in [2.45, 2.75) is 44.5 Å². The number of alkyl halides is 2. The summed E-state index contributed by atoms with van der Waals surface area (Å²) in [5.41, 5.74) is 0.678. The summed E-state index contributed by atoms with van der Waals surface area (Å²) in [6.07, 6.45) is 2.12. The van der Waals surface area contributed by atoms with Crippen LogP contribution < -0.4 is 20.3 Å². The van der Waals surface area contributed by atoms with Crippen molar-refractivity contribution in [2.75, 3.05) is 30.0 Å². The number of amides is 2. The van der Waals surface area contributed by atoms with Gasteiger partial charge in [-0.25, -0.2) is 14.8 Å². The molecule has 5 rings (SSSR count). The van der Waals surface area contributed by atoms with Crippen molar-refractivity contribution in [3.8, 4) is 17.1 Å². The Morgan fingerprint density at radius 3 is 3.00 bits per heavy atom. The van der Waals surface area contributed by atoms with Gasteiger partial charge >= 0.3 is 12.6 Å². The van der Waals surface area contributed by atoms with Crippen molar-refractivity contribution < 1.29 is 32.6 Å². The number of oxazole rings is 1. The van der Waals surface area contributed by atoms with E-state index in [1.54, 1.807) is 32.2 Å². The summed E-state index contributed by atoms with van der Waals surface area (Å²) >= 11 is 1.35. The number of morpholine rings is 1. The molecule has 2 amide bonds. The molecular formula is C23H25F2N5O5S. The van der Waals surface area contributed by atoms with Gasteiger partial charge in [0.15, 0.2) is 10.9 Å². The Labute approximate surface area is 209 Å². The maximum atomic E-state index is 12.6. The first-order valence-corrected chi connectivity index (χ1v) is 12.1.